The Morgan fingerprint density at radius 1 is 0.315 bits per heavy atom. The summed E-state index contributed by atoms with van der Waals surface area (Å²) in [5.74, 6) is 0. The Bertz CT molecular complexity index is 2820. The lowest BCUT2D eigenvalue weighted by Gasteiger charge is -2.28. The molecule has 54 heavy (non-hydrogen) atoms. The second-order valence-electron chi connectivity index (χ2n) is 13.8. The Morgan fingerprint density at radius 2 is 0.833 bits per heavy atom. The van der Waals surface area contributed by atoms with E-state index >= 15 is 0 Å². The molecule has 1 aromatic heterocycles. The molecule has 9 aromatic carbocycles. The van der Waals surface area contributed by atoms with Crippen molar-refractivity contribution in [1.29, 1.82) is 0 Å². The molecule has 1 heterocycles. The summed E-state index contributed by atoms with van der Waals surface area (Å²) < 4.78 is 2.42. The van der Waals surface area contributed by atoms with Gasteiger partial charge in [-0.1, -0.05) is 164 Å². The van der Waals surface area contributed by atoms with Crippen molar-refractivity contribution in [2.45, 2.75) is 0 Å². The molecule has 0 unspecified atom stereocenters. The first-order valence-corrected chi connectivity index (χ1v) is 18.5. The number of para-hydroxylation sites is 2. The van der Waals surface area contributed by atoms with Crippen molar-refractivity contribution < 1.29 is 0 Å². The van der Waals surface area contributed by atoms with Gasteiger partial charge < -0.3 is 9.47 Å². The Balaban J connectivity index is 1.14. The molecule has 0 saturated carbocycles. The van der Waals surface area contributed by atoms with Gasteiger partial charge in [-0.2, -0.15) is 0 Å². The first-order chi connectivity index (χ1) is 26.8. The van der Waals surface area contributed by atoms with Crippen LogP contribution >= 0.6 is 0 Å². The quantitative estimate of drug-likeness (QED) is 0.162. The van der Waals surface area contributed by atoms with E-state index in [1.807, 2.05) is 0 Å². The Hall–Kier alpha value is -7.16. The summed E-state index contributed by atoms with van der Waals surface area (Å²) in [7, 11) is 0. The predicted molar refractivity (Wildman–Crippen MR) is 229 cm³/mol. The summed E-state index contributed by atoms with van der Waals surface area (Å²) in [6.07, 6.45) is 0. The third kappa shape index (κ3) is 5.62. The zero-order valence-electron chi connectivity index (χ0n) is 29.7. The molecule has 0 atom stereocenters. The minimum Gasteiger partial charge on any atom is -0.310 e. The van der Waals surface area contributed by atoms with Crippen molar-refractivity contribution in [3.63, 3.8) is 0 Å². The van der Waals surface area contributed by atoms with Crippen molar-refractivity contribution in [2.24, 2.45) is 0 Å². The van der Waals surface area contributed by atoms with Crippen LogP contribution in [0.4, 0.5) is 17.1 Å². The number of rotatable bonds is 7. The van der Waals surface area contributed by atoms with Gasteiger partial charge in [0.05, 0.1) is 16.7 Å². The monoisotopic (exact) mass is 688 g/mol. The van der Waals surface area contributed by atoms with Gasteiger partial charge in [0.25, 0.3) is 0 Å². The van der Waals surface area contributed by atoms with Crippen LogP contribution in [0.2, 0.25) is 0 Å². The smallest absolute Gasteiger partial charge is 0.0547 e. The molecule has 0 radical (unpaired) electrons. The Kier molecular flexibility index (Phi) is 7.85. The summed E-state index contributed by atoms with van der Waals surface area (Å²) >= 11 is 0. The molecule has 10 rings (SSSR count). The van der Waals surface area contributed by atoms with Crippen LogP contribution in [0.3, 0.4) is 0 Å². The summed E-state index contributed by atoms with van der Waals surface area (Å²) in [4.78, 5) is 2.39. The van der Waals surface area contributed by atoms with Crippen molar-refractivity contribution in [3.8, 4) is 39.1 Å². The van der Waals surface area contributed by atoms with E-state index in [4.69, 9.17) is 0 Å². The third-order valence-corrected chi connectivity index (χ3v) is 10.6. The predicted octanol–water partition coefficient (Wildman–Crippen LogP) is 14.4. The van der Waals surface area contributed by atoms with E-state index in [0.717, 1.165) is 33.9 Å². The van der Waals surface area contributed by atoms with Crippen molar-refractivity contribution in [3.05, 3.63) is 218 Å². The van der Waals surface area contributed by atoms with Gasteiger partial charge in [-0.3, -0.25) is 0 Å². The lowest BCUT2D eigenvalue weighted by atomic mass is 9.99. The first kappa shape index (κ1) is 31.6. The van der Waals surface area contributed by atoms with E-state index in [2.05, 4.69) is 228 Å². The lowest BCUT2D eigenvalue weighted by molar-refractivity contribution is 1.19. The van der Waals surface area contributed by atoms with Gasteiger partial charge in [0.1, 0.15) is 0 Å². The number of hydrogen-bond donors (Lipinski definition) is 0. The molecule has 0 aliphatic heterocycles. The van der Waals surface area contributed by atoms with E-state index < -0.39 is 0 Å². The van der Waals surface area contributed by atoms with Gasteiger partial charge in [0, 0.05) is 33.4 Å². The molecular weight excluding hydrogens is 653 g/mol. The van der Waals surface area contributed by atoms with Crippen LogP contribution in [-0.4, -0.2) is 4.57 Å². The van der Waals surface area contributed by atoms with E-state index in [0.29, 0.717) is 0 Å². The Morgan fingerprint density at radius 3 is 1.52 bits per heavy atom. The minimum absolute atomic E-state index is 1.10. The second-order valence-corrected chi connectivity index (χ2v) is 13.8. The van der Waals surface area contributed by atoms with E-state index in [1.165, 1.54) is 54.8 Å². The van der Waals surface area contributed by atoms with Crippen LogP contribution in [0, 0.1) is 0 Å². The highest BCUT2D eigenvalue weighted by Crippen LogP contribution is 2.43. The third-order valence-electron chi connectivity index (χ3n) is 10.6. The SMILES string of the molecule is c1ccc(-c2ccc(N(c3ccc(-c4ccccc4)cc3)c3ccccc3-c3ccc4c5ccccc5n(-c5ccc6ccccc6c5)c4c3)cc2)cc1. The summed E-state index contributed by atoms with van der Waals surface area (Å²) in [6, 6.07) is 78.9. The molecule has 0 N–H and O–H groups in total. The molecular formula is C52H36N2. The molecule has 10 aromatic rings. The van der Waals surface area contributed by atoms with Crippen LogP contribution < -0.4 is 4.90 Å². The zero-order chi connectivity index (χ0) is 35.8. The molecule has 0 spiro atoms. The molecule has 0 amide bonds. The fourth-order valence-corrected chi connectivity index (χ4v) is 7.94. The molecule has 0 bridgehead atoms. The second kappa shape index (κ2) is 13.4. The number of anilines is 3. The highest BCUT2D eigenvalue weighted by atomic mass is 15.1. The molecule has 0 fully saturated rings. The van der Waals surface area contributed by atoms with Crippen LogP contribution in [0.1, 0.15) is 0 Å². The largest absolute Gasteiger partial charge is 0.310 e. The number of benzene rings is 9. The van der Waals surface area contributed by atoms with Gasteiger partial charge in [-0.05, 0) is 93.2 Å². The highest BCUT2D eigenvalue weighted by molar-refractivity contribution is 6.11. The van der Waals surface area contributed by atoms with Gasteiger partial charge >= 0.3 is 0 Å². The molecule has 0 aliphatic rings. The summed E-state index contributed by atoms with van der Waals surface area (Å²) in [5.41, 5.74) is 14.0. The van der Waals surface area contributed by atoms with Gasteiger partial charge in [0.2, 0.25) is 0 Å². The van der Waals surface area contributed by atoms with Crippen molar-refractivity contribution >= 4 is 49.6 Å². The fraction of sp³-hybridized carbons (Fsp3) is 0. The van der Waals surface area contributed by atoms with Crippen molar-refractivity contribution in [1.82, 2.24) is 4.57 Å². The average molecular weight is 689 g/mol. The normalized spacial score (nSPS) is 11.3. The number of nitrogens with zero attached hydrogens (tertiary/aromatic N) is 2. The van der Waals surface area contributed by atoms with Gasteiger partial charge in [-0.25, -0.2) is 0 Å². The van der Waals surface area contributed by atoms with Crippen molar-refractivity contribution in [2.75, 3.05) is 4.90 Å². The van der Waals surface area contributed by atoms with E-state index in [1.54, 1.807) is 0 Å². The first-order valence-electron chi connectivity index (χ1n) is 18.5. The number of aromatic nitrogens is 1. The fourth-order valence-electron chi connectivity index (χ4n) is 7.94. The Labute approximate surface area is 315 Å². The number of hydrogen-bond acceptors (Lipinski definition) is 1. The highest BCUT2D eigenvalue weighted by Gasteiger charge is 2.19. The number of fused-ring (bicyclic) bond motifs is 4. The average Bonchev–Trinajstić information content (AvgIpc) is 3.58. The van der Waals surface area contributed by atoms with Crippen LogP contribution in [0.15, 0.2) is 218 Å². The topological polar surface area (TPSA) is 8.17 Å². The maximum absolute atomic E-state index is 2.42. The maximum Gasteiger partial charge on any atom is 0.0547 e. The summed E-state index contributed by atoms with van der Waals surface area (Å²) in [5, 5.41) is 4.96. The maximum atomic E-state index is 2.42. The molecule has 2 heteroatoms. The zero-order valence-corrected chi connectivity index (χ0v) is 29.7. The summed E-state index contributed by atoms with van der Waals surface area (Å²) in [6.45, 7) is 0. The standard InChI is InChI=1S/C52H36N2/c1-3-13-37(14-4-1)40-23-29-44(30-24-40)53(45-31-25-41(26-32-45)38-15-5-2-6-16-38)50-21-11-9-19-47(50)43-28-34-49-48-20-10-12-22-51(48)54(52(49)36-43)46-33-27-39-17-7-8-18-42(39)35-46/h1-36H. The van der Waals surface area contributed by atoms with Crippen LogP contribution in [-0.2, 0) is 0 Å². The minimum atomic E-state index is 1.10. The van der Waals surface area contributed by atoms with Gasteiger partial charge in [0.15, 0.2) is 0 Å². The lowest BCUT2D eigenvalue weighted by Crippen LogP contribution is -2.11. The van der Waals surface area contributed by atoms with Gasteiger partial charge in [-0.15, -0.1) is 0 Å². The molecule has 0 saturated heterocycles. The van der Waals surface area contributed by atoms with Crippen LogP contribution in [0.5, 0.6) is 0 Å². The molecule has 0 aliphatic carbocycles. The van der Waals surface area contributed by atoms with E-state index in [-0.39, 0.29) is 0 Å². The molecule has 254 valence electrons. The molecule has 2 nitrogen and oxygen atoms in total. The van der Waals surface area contributed by atoms with E-state index in [9.17, 15) is 0 Å². The van der Waals surface area contributed by atoms with Crippen LogP contribution in [0.25, 0.3) is 71.6 Å².